The van der Waals surface area contributed by atoms with Crippen LogP contribution in [0.2, 0.25) is 0 Å². The Kier molecular flexibility index (Phi) is 3.97. The van der Waals surface area contributed by atoms with Gasteiger partial charge in [0.15, 0.2) is 0 Å². The molecule has 5 heteroatoms. The molecule has 0 spiro atoms. The van der Waals surface area contributed by atoms with E-state index in [1.54, 1.807) is 18.2 Å². The van der Waals surface area contributed by atoms with Crippen LogP contribution in [0.5, 0.6) is 0 Å². The molecule has 5 nitrogen and oxygen atoms in total. The lowest BCUT2D eigenvalue weighted by molar-refractivity contribution is 0.0696. The van der Waals surface area contributed by atoms with E-state index in [1.807, 2.05) is 6.07 Å². The molecule has 1 aromatic heterocycles. The van der Waals surface area contributed by atoms with Crippen molar-refractivity contribution in [2.75, 3.05) is 6.54 Å². The SMILES string of the molecule is O=C(O)c1cccc(CCNC(=O)c2ccoc2)c1. The predicted molar refractivity (Wildman–Crippen MR) is 68.1 cm³/mol. The second kappa shape index (κ2) is 5.86. The third-order valence-electron chi connectivity index (χ3n) is 2.66. The standard InChI is InChI=1S/C14H13NO4/c16-13(12-5-7-19-9-12)15-6-4-10-2-1-3-11(8-10)14(17)18/h1-3,5,7-9H,4,6H2,(H,15,16)(H,17,18). The van der Waals surface area contributed by atoms with Gasteiger partial charge in [-0.05, 0) is 30.2 Å². The van der Waals surface area contributed by atoms with Gasteiger partial charge in [-0.1, -0.05) is 12.1 Å². The Morgan fingerprint density at radius 2 is 2.05 bits per heavy atom. The Labute approximate surface area is 109 Å². The van der Waals surface area contributed by atoms with Crippen LogP contribution in [0.1, 0.15) is 26.3 Å². The molecule has 0 atom stereocenters. The topological polar surface area (TPSA) is 79.5 Å². The van der Waals surface area contributed by atoms with Crippen molar-refractivity contribution in [1.29, 1.82) is 0 Å². The summed E-state index contributed by atoms with van der Waals surface area (Å²) in [5, 5.41) is 11.6. The van der Waals surface area contributed by atoms with Crippen LogP contribution in [0.25, 0.3) is 0 Å². The third kappa shape index (κ3) is 3.45. The first kappa shape index (κ1) is 12.9. The molecule has 2 N–H and O–H groups in total. The molecule has 0 aliphatic carbocycles. The predicted octanol–water partition coefficient (Wildman–Crippen LogP) is 1.95. The highest BCUT2D eigenvalue weighted by Crippen LogP contribution is 2.06. The van der Waals surface area contributed by atoms with Gasteiger partial charge in [0.25, 0.3) is 5.91 Å². The number of furan rings is 1. The number of carboxylic acids is 1. The molecule has 0 fully saturated rings. The van der Waals surface area contributed by atoms with Crippen LogP contribution < -0.4 is 5.32 Å². The molecule has 2 aromatic rings. The molecular formula is C14H13NO4. The summed E-state index contributed by atoms with van der Waals surface area (Å²) in [4.78, 5) is 22.4. The van der Waals surface area contributed by atoms with Gasteiger partial charge in [-0.15, -0.1) is 0 Å². The molecule has 1 amide bonds. The van der Waals surface area contributed by atoms with Crippen LogP contribution in [-0.4, -0.2) is 23.5 Å². The number of rotatable bonds is 5. The second-order valence-corrected chi connectivity index (χ2v) is 4.02. The van der Waals surface area contributed by atoms with Crippen LogP contribution in [0.15, 0.2) is 47.3 Å². The maximum Gasteiger partial charge on any atom is 0.335 e. The lowest BCUT2D eigenvalue weighted by atomic mass is 10.1. The summed E-state index contributed by atoms with van der Waals surface area (Å²) in [6.07, 6.45) is 3.39. The first-order chi connectivity index (χ1) is 9.16. The summed E-state index contributed by atoms with van der Waals surface area (Å²) in [6.45, 7) is 0.438. The normalized spacial score (nSPS) is 10.1. The van der Waals surface area contributed by atoms with Gasteiger partial charge >= 0.3 is 5.97 Å². The molecule has 0 aliphatic rings. The first-order valence-electron chi connectivity index (χ1n) is 5.79. The Morgan fingerprint density at radius 1 is 1.21 bits per heavy atom. The molecule has 98 valence electrons. The van der Waals surface area contributed by atoms with Crippen LogP contribution in [0, 0.1) is 0 Å². The van der Waals surface area contributed by atoms with Crippen molar-refractivity contribution in [2.24, 2.45) is 0 Å². The fraction of sp³-hybridized carbons (Fsp3) is 0.143. The zero-order chi connectivity index (χ0) is 13.7. The van der Waals surface area contributed by atoms with Crippen molar-refractivity contribution in [3.8, 4) is 0 Å². The first-order valence-corrected chi connectivity index (χ1v) is 5.79. The van der Waals surface area contributed by atoms with E-state index in [2.05, 4.69) is 5.32 Å². The van der Waals surface area contributed by atoms with Gasteiger partial charge in [-0.2, -0.15) is 0 Å². The number of aromatic carboxylic acids is 1. The second-order valence-electron chi connectivity index (χ2n) is 4.02. The number of carbonyl (C=O) groups excluding carboxylic acids is 1. The van der Waals surface area contributed by atoms with Gasteiger partial charge in [-0.25, -0.2) is 4.79 Å². The largest absolute Gasteiger partial charge is 0.478 e. The number of hydrogen-bond donors (Lipinski definition) is 2. The number of nitrogens with one attached hydrogen (secondary N) is 1. The quantitative estimate of drug-likeness (QED) is 0.860. The van der Waals surface area contributed by atoms with Crippen molar-refractivity contribution in [1.82, 2.24) is 5.32 Å². The molecule has 0 saturated heterocycles. The van der Waals surface area contributed by atoms with E-state index in [4.69, 9.17) is 9.52 Å². The van der Waals surface area contributed by atoms with Gasteiger partial charge in [0, 0.05) is 6.54 Å². The van der Waals surface area contributed by atoms with Crippen LogP contribution in [-0.2, 0) is 6.42 Å². The monoisotopic (exact) mass is 259 g/mol. The highest BCUT2D eigenvalue weighted by atomic mass is 16.4. The summed E-state index contributed by atoms with van der Waals surface area (Å²) in [5.74, 6) is -1.16. The van der Waals surface area contributed by atoms with Crippen LogP contribution in [0.3, 0.4) is 0 Å². The van der Waals surface area contributed by atoms with Gasteiger partial charge in [0.05, 0.1) is 17.4 Å². The van der Waals surface area contributed by atoms with E-state index >= 15 is 0 Å². The lowest BCUT2D eigenvalue weighted by Gasteiger charge is -2.04. The Morgan fingerprint density at radius 3 is 2.74 bits per heavy atom. The minimum Gasteiger partial charge on any atom is -0.478 e. The van der Waals surface area contributed by atoms with Crippen molar-refractivity contribution in [2.45, 2.75) is 6.42 Å². The van der Waals surface area contributed by atoms with E-state index in [0.29, 0.717) is 18.5 Å². The number of amides is 1. The maximum absolute atomic E-state index is 11.6. The lowest BCUT2D eigenvalue weighted by Crippen LogP contribution is -2.25. The summed E-state index contributed by atoms with van der Waals surface area (Å²) in [6, 6.07) is 8.25. The molecule has 0 saturated carbocycles. The molecule has 2 rings (SSSR count). The average Bonchev–Trinajstić information content (AvgIpc) is 2.93. The van der Waals surface area contributed by atoms with E-state index in [1.165, 1.54) is 18.6 Å². The highest BCUT2D eigenvalue weighted by molar-refractivity contribution is 5.93. The molecule has 0 bridgehead atoms. The van der Waals surface area contributed by atoms with E-state index in [-0.39, 0.29) is 11.5 Å². The Balaban J connectivity index is 1.87. The van der Waals surface area contributed by atoms with Crippen molar-refractivity contribution in [3.05, 3.63) is 59.5 Å². The molecule has 0 aliphatic heterocycles. The zero-order valence-electron chi connectivity index (χ0n) is 10.1. The van der Waals surface area contributed by atoms with Crippen molar-refractivity contribution < 1.29 is 19.1 Å². The van der Waals surface area contributed by atoms with Crippen molar-refractivity contribution in [3.63, 3.8) is 0 Å². The zero-order valence-corrected chi connectivity index (χ0v) is 10.1. The summed E-state index contributed by atoms with van der Waals surface area (Å²) >= 11 is 0. The summed E-state index contributed by atoms with van der Waals surface area (Å²) in [5.41, 5.74) is 1.59. The number of hydrogen-bond acceptors (Lipinski definition) is 3. The third-order valence-corrected chi connectivity index (χ3v) is 2.66. The minimum absolute atomic E-state index is 0.205. The highest BCUT2D eigenvalue weighted by Gasteiger charge is 2.06. The fourth-order valence-electron chi connectivity index (χ4n) is 1.68. The molecule has 1 heterocycles. The molecular weight excluding hydrogens is 246 g/mol. The van der Waals surface area contributed by atoms with Crippen molar-refractivity contribution >= 4 is 11.9 Å². The summed E-state index contributed by atoms with van der Waals surface area (Å²) in [7, 11) is 0. The summed E-state index contributed by atoms with van der Waals surface area (Å²) < 4.78 is 4.82. The van der Waals surface area contributed by atoms with E-state index in [9.17, 15) is 9.59 Å². The van der Waals surface area contributed by atoms with Crippen LogP contribution in [0.4, 0.5) is 0 Å². The fourth-order valence-corrected chi connectivity index (χ4v) is 1.68. The Bertz CT molecular complexity index is 575. The van der Waals surface area contributed by atoms with Gasteiger partial charge in [0.1, 0.15) is 6.26 Å². The average molecular weight is 259 g/mol. The smallest absolute Gasteiger partial charge is 0.335 e. The van der Waals surface area contributed by atoms with Gasteiger partial charge < -0.3 is 14.8 Å². The number of benzene rings is 1. The van der Waals surface area contributed by atoms with Gasteiger partial charge in [-0.3, -0.25) is 4.79 Å². The number of carbonyl (C=O) groups is 2. The minimum atomic E-state index is -0.954. The Hall–Kier alpha value is -2.56. The van der Waals surface area contributed by atoms with E-state index < -0.39 is 5.97 Å². The molecule has 0 radical (unpaired) electrons. The molecule has 19 heavy (non-hydrogen) atoms. The number of carboxylic acid groups (broad SMARTS) is 1. The maximum atomic E-state index is 11.6. The molecule has 1 aromatic carbocycles. The van der Waals surface area contributed by atoms with E-state index in [0.717, 1.165) is 5.56 Å². The van der Waals surface area contributed by atoms with Gasteiger partial charge in [0.2, 0.25) is 0 Å². The van der Waals surface area contributed by atoms with Crippen LogP contribution >= 0.6 is 0 Å². The molecule has 0 unspecified atom stereocenters.